The zero-order valence-corrected chi connectivity index (χ0v) is 17.9. The number of methoxy groups -OCH3 is 1. The lowest BCUT2D eigenvalue weighted by Gasteiger charge is -2.17. The van der Waals surface area contributed by atoms with E-state index in [9.17, 15) is 19.7 Å². The van der Waals surface area contributed by atoms with Crippen molar-refractivity contribution in [2.24, 2.45) is 0 Å². The number of para-hydroxylation sites is 1. The summed E-state index contributed by atoms with van der Waals surface area (Å²) in [6, 6.07) is 22.1. The molecule has 0 fully saturated rings. The smallest absolute Gasteiger partial charge is 0.269 e. The van der Waals surface area contributed by atoms with Crippen molar-refractivity contribution in [1.82, 2.24) is 4.90 Å². The molecule has 1 heterocycles. The van der Waals surface area contributed by atoms with Crippen LogP contribution < -0.4 is 4.74 Å². The van der Waals surface area contributed by atoms with Crippen molar-refractivity contribution >= 4 is 34.8 Å². The molecule has 3 aromatic carbocycles. The van der Waals surface area contributed by atoms with Gasteiger partial charge in [0, 0.05) is 22.6 Å². The van der Waals surface area contributed by atoms with E-state index >= 15 is 0 Å². The Labute approximate surface area is 188 Å². The van der Waals surface area contributed by atoms with Crippen LogP contribution in [0.25, 0.3) is 5.57 Å². The number of nitro benzene ring substituents is 1. The lowest BCUT2D eigenvalue weighted by molar-refractivity contribution is -0.384. The summed E-state index contributed by atoms with van der Waals surface area (Å²) >= 11 is 1.20. The van der Waals surface area contributed by atoms with Gasteiger partial charge >= 0.3 is 0 Å². The van der Waals surface area contributed by atoms with Crippen molar-refractivity contribution in [1.29, 1.82) is 0 Å². The molecule has 4 rings (SSSR count). The number of carbonyl (C=O) groups is 2. The molecule has 0 spiro atoms. The molecule has 1 aliphatic heterocycles. The Morgan fingerprint density at radius 1 is 0.906 bits per heavy atom. The fraction of sp³-hybridized carbons (Fsp3) is 0.0833. The number of nitrogens with zero attached hydrogens (tertiary/aromatic N) is 2. The summed E-state index contributed by atoms with van der Waals surface area (Å²) < 4.78 is 5.36. The largest absolute Gasteiger partial charge is 0.496 e. The number of non-ortho nitro benzene ring substituents is 1. The van der Waals surface area contributed by atoms with Gasteiger partial charge in [0.05, 0.1) is 29.1 Å². The van der Waals surface area contributed by atoms with Crippen LogP contribution in [-0.4, -0.2) is 28.7 Å². The Hall–Kier alpha value is -3.91. The lowest BCUT2D eigenvalue weighted by atomic mass is 10.1. The summed E-state index contributed by atoms with van der Waals surface area (Å²) in [6.07, 6.45) is 0. The van der Waals surface area contributed by atoms with E-state index in [1.807, 2.05) is 42.5 Å². The molecule has 0 saturated carbocycles. The summed E-state index contributed by atoms with van der Waals surface area (Å²) in [5.74, 6) is -0.287. The Bertz CT molecular complexity index is 1220. The zero-order chi connectivity index (χ0) is 22.7. The van der Waals surface area contributed by atoms with Crippen molar-refractivity contribution in [2.75, 3.05) is 7.11 Å². The molecule has 0 unspecified atom stereocenters. The average Bonchev–Trinajstić information content (AvgIpc) is 3.04. The summed E-state index contributed by atoms with van der Waals surface area (Å²) in [5, 5.41) is 11.0. The molecule has 0 saturated heterocycles. The molecule has 0 atom stereocenters. The van der Waals surface area contributed by atoms with Crippen LogP contribution in [0.5, 0.6) is 5.75 Å². The normalized spacial score (nSPS) is 13.6. The fourth-order valence-corrected chi connectivity index (χ4v) is 4.44. The van der Waals surface area contributed by atoms with Gasteiger partial charge in [-0.25, -0.2) is 0 Å². The van der Waals surface area contributed by atoms with Crippen molar-refractivity contribution < 1.29 is 19.2 Å². The summed E-state index contributed by atoms with van der Waals surface area (Å²) in [5.41, 5.74) is 1.29. The molecule has 0 aliphatic carbocycles. The van der Waals surface area contributed by atoms with Gasteiger partial charge in [-0.2, -0.15) is 0 Å². The summed E-state index contributed by atoms with van der Waals surface area (Å²) in [7, 11) is 1.53. The monoisotopic (exact) mass is 446 g/mol. The van der Waals surface area contributed by atoms with Gasteiger partial charge in [0.1, 0.15) is 5.75 Å². The Morgan fingerprint density at radius 3 is 2.22 bits per heavy atom. The highest BCUT2D eigenvalue weighted by molar-refractivity contribution is 8.04. The van der Waals surface area contributed by atoms with Gasteiger partial charge in [-0.1, -0.05) is 48.2 Å². The second-order valence-electron chi connectivity index (χ2n) is 6.93. The Kier molecular flexibility index (Phi) is 6.04. The second kappa shape index (κ2) is 9.07. The summed E-state index contributed by atoms with van der Waals surface area (Å²) in [6.45, 7) is 0.0526. The molecule has 3 aromatic rings. The SMILES string of the molecule is COc1ccccc1CN1C(=O)C(Sc2ccccc2)=C(c2ccc([N+](=O)[O-])cc2)C1=O. The molecule has 0 N–H and O–H groups in total. The molecule has 7 nitrogen and oxygen atoms in total. The highest BCUT2D eigenvalue weighted by atomic mass is 32.2. The van der Waals surface area contributed by atoms with Gasteiger partial charge in [-0.15, -0.1) is 0 Å². The summed E-state index contributed by atoms with van der Waals surface area (Å²) in [4.78, 5) is 39.5. The molecule has 2 amide bonds. The molecule has 0 bridgehead atoms. The van der Waals surface area contributed by atoms with Gasteiger partial charge in [-0.05, 0) is 35.9 Å². The van der Waals surface area contributed by atoms with Crippen molar-refractivity contribution in [3.05, 3.63) is 105 Å². The van der Waals surface area contributed by atoms with Gasteiger partial charge in [0.15, 0.2) is 0 Å². The minimum absolute atomic E-state index is 0.0526. The number of amides is 2. The van der Waals surface area contributed by atoms with Crippen LogP contribution >= 0.6 is 11.8 Å². The number of rotatable bonds is 7. The topological polar surface area (TPSA) is 89.8 Å². The maximum absolute atomic E-state index is 13.4. The maximum atomic E-state index is 13.4. The quantitative estimate of drug-likeness (QED) is 0.298. The van der Waals surface area contributed by atoms with Crippen LogP contribution in [0, 0.1) is 10.1 Å². The van der Waals surface area contributed by atoms with Crippen molar-refractivity contribution in [3.8, 4) is 5.75 Å². The third-order valence-electron chi connectivity index (χ3n) is 4.98. The van der Waals surface area contributed by atoms with E-state index < -0.39 is 16.7 Å². The Morgan fingerprint density at radius 2 is 1.56 bits per heavy atom. The third-order valence-corrected chi connectivity index (χ3v) is 6.07. The Balaban J connectivity index is 1.75. The predicted molar refractivity (Wildman–Crippen MR) is 121 cm³/mol. The number of hydrogen-bond donors (Lipinski definition) is 0. The van der Waals surface area contributed by atoms with Crippen LogP contribution in [0.15, 0.2) is 88.7 Å². The highest BCUT2D eigenvalue weighted by Gasteiger charge is 2.39. The van der Waals surface area contributed by atoms with Crippen LogP contribution in [0.4, 0.5) is 5.69 Å². The third kappa shape index (κ3) is 4.13. The first-order valence-corrected chi connectivity index (χ1v) is 10.5. The van der Waals surface area contributed by atoms with E-state index in [0.717, 1.165) is 4.90 Å². The molecule has 160 valence electrons. The molecule has 32 heavy (non-hydrogen) atoms. The lowest BCUT2D eigenvalue weighted by Crippen LogP contribution is -2.31. The van der Waals surface area contributed by atoms with E-state index in [-0.39, 0.29) is 22.7 Å². The van der Waals surface area contributed by atoms with Crippen molar-refractivity contribution in [3.63, 3.8) is 0 Å². The van der Waals surface area contributed by atoms with E-state index in [4.69, 9.17) is 4.74 Å². The molecule has 0 radical (unpaired) electrons. The highest BCUT2D eigenvalue weighted by Crippen LogP contribution is 2.40. The second-order valence-corrected chi connectivity index (χ2v) is 8.02. The van der Waals surface area contributed by atoms with Crippen LogP contribution in [-0.2, 0) is 16.1 Å². The van der Waals surface area contributed by atoms with E-state index in [1.54, 1.807) is 12.1 Å². The standard InChI is InChI=1S/C24H18N2O5S/c1-31-20-10-6-5-7-17(20)15-25-23(27)21(16-11-13-18(14-12-16)26(29)30)22(24(25)28)32-19-8-3-2-4-9-19/h2-14H,15H2,1H3. The first-order valence-electron chi connectivity index (χ1n) is 9.69. The van der Waals surface area contributed by atoms with E-state index in [2.05, 4.69) is 0 Å². The van der Waals surface area contributed by atoms with E-state index in [0.29, 0.717) is 16.9 Å². The number of ether oxygens (including phenoxy) is 1. The first-order chi connectivity index (χ1) is 15.5. The number of nitro groups is 1. The molecule has 8 heteroatoms. The van der Waals surface area contributed by atoms with Crippen LogP contribution in [0.1, 0.15) is 11.1 Å². The van der Waals surface area contributed by atoms with Crippen LogP contribution in [0.3, 0.4) is 0 Å². The average molecular weight is 446 g/mol. The molecule has 1 aliphatic rings. The zero-order valence-electron chi connectivity index (χ0n) is 17.1. The first kappa shape index (κ1) is 21.3. The van der Waals surface area contributed by atoms with Gasteiger partial charge in [-0.3, -0.25) is 24.6 Å². The van der Waals surface area contributed by atoms with Crippen LogP contribution in [0.2, 0.25) is 0 Å². The van der Waals surface area contributed by atoms with Gasteiger partial charge in [0.25, 0.3) is 17.5 Å². The van der Waals surface area contributed by atoms with Gasteiger partial charge < -0.3 is 4.74 Å². The molecular weight excluding hydrogens is 428 g/mol. The molecular formula is C24H18N2O5S. The maximum Gasteiger partial charge on any atom is 0.269 e. The minimum atomic E-state index is -0.507. The number of carbonyl (C=O) groups excluding carboxylic acids is 2. The fourth-order valence-electron chi connectivity index (χ4n) is 3.41. The minimum Gasteiger partial charge on any atom is -0.496 e. The predicted octanol–water partition coefficient (Wildman–Crippen LogP) is 4.68. The molecule has 0 aromatic heterocycles. The number of thioether (sulfide) groups is 1. The number of hydrogen-bond acceptors (Lipinski definition) is 6. The van der Waals surface area contributed by atoms with E-state index in [1.165, 1.54) is 48.0 Å². The number of benzene rings is 3. The van der Waals surface area contributed by atoms with Gasteiger partial charge in [0.2, 0.25) is 0 Å². The number of imide groups is 1. The van der Waals surface area contributed by atoms with Crippen molar-refractivity contribution in [2.45, 2.75) is 11.4 Å².